The van der Waals surface area contributed by atoms with E-state index >= 15 is 0 Å². The van der Waals surface area contributed by atoms with Gasteiger partial charge >= 0.3 is 0 Å². The molecule has 72 valence electrons. The Bertz CT molecular complexity index is 308. The lowest BCUT2D eigenvalue weighted by Crippen LogP contribution is -2.30. The summed E-state index contributed by atoms with van der Waals surface area (Å²) >= 11 is 0. The number of nitrogens with one attached hydrogen (secondary N) is 1. The van der Waals surface area contributed by atoms with Crippen molar-refractivity contribution in [3.05, 3.63) is 11.6 Å². The number of nitrogens with zero attached hydrogens (tertiary/aromatic N) is 3. The van der Waals surface area contributed by atoms with Crippen LogP contribution in [0, 0.1) is 0 Å². The van der Waals surface area contributed by atoms with Crippen LogP contribution in [-0.4, -0.2) is 21.4 Å². The second-order valence-electron chi connectivity index (χ2n) is 4.54. The van der Waals surface area contributed by atoms with E-state index in [-0.39, 0.29) is 5.41 Å². The standard InChI is InChI=1S/C9H16N4/c1-9(2,3)8-12-11-7-5-4-6-10-13(7)8/h10H,4-6H2,1-3H3. The lowest BCUT2D eigenvalue weighted by atomic mass is 9.96. The molecule has 0 spiro atoms. The van der Waals surface area contributed by atoms with Crippen LogP contribution < -0.4 is 5.43 Å². The smallest absolute Gasteiger partial charge is 0.157 e. The Morgan fingerprint density at radius 2 is 2.08 bits per heavy atom. The zero-order valence-corrected chi connectivity index (χ0v) is 8.46. The molecule has 0 bridgehead atoms. The average molecular weight is 180 g/mol. The van der Waals surface area contributed by atoms with Crippen molar-refractivity contribution >= 4 is 0 Å². The molecule has 13 heavy (non-hydrogen) atoms. The summed E-state index contributed by atoms with van der Waals surface area (Å²) in [5, 5.41) is 8.39. The van der Waals surface area contributed by atoms with E-state index in [9.17, 15) is 0 Å². The van der Waals surface area contributed by atoms with E-state index < -0.39 is 0 Å². The van der Waals surface area contributed by atoms with E-state index in [1.807, 2.05) is 4.68 Å². The van der Waals surface area contributed by atoms with Gasteiger partial charge in [0.15, 0.2) is 11.6 Å². The molecule has 2 heterocycles. The molecule has 4 nitrogen and oxygen atoms in total. The average Bonchev–Trinajstić information content (AvgIpc) is 2.45. The summed E-state index contributed by atoms with van der Waals surface area (Å²) in [5.41, 5.74) is 3.37. The van der Waals surface area contributed by atoms with Crippen molar-refractivity contribution in [2.75, 3.05) is 12.0 Å². The SMILES string of the molecule is CC(C)(C)c1nnc2n1NCCC2. The lowest BCUT2D eigenvalue weighted by molar-refractivity contribution is 0.505. The predicted molar refractivity (Wildman–Crippen MR) is 51.3 cm³/mol. The number of aryl methyl sites for hydroxylation is 1. The Morgan fingerprint density at radius 1 is 1.31 bits per heavy atom. The minimum absolute atomic E-state index is 0.0651. The normalized spacial score (nSPS) is 16.5. The first kappa shape index (κ1) is 8.53. The maximum Gasteiger partial charge on any atom is 0.157 e. The molecule has 4 heteroatoms. The van der Waals surface area contributed by atoms with Gasteiger partial charge in [-0.1, -0.05) is 20.8 Å². The maximum atomic E-state index is 4.22. The fourth-order valence-corrected chi connectivity index (χ4v) is 1.57. The van der Waals surface area contributed by atoms with Crippen LogP contribution in [0.5, 0.6) is 0 Å². The summed E-state index contributed by atoms with van der Waals surface area (Å²) < 4.78 is 2.05. The highest BCUT2D eigenvalue weighted by Gasteiger charge is 2.24. The largest absolute Gasteiger partial charge is 0.323 e. The molecule has 1 aliphatic heterocycles. The van der Waals surface area contributed by atoms with Crippen LogP contribution in [0.1, 0.15) is 38.8 Å². The van der Waals surface area contributed by atoms with E-state index in [0.29, 0.717) is 0 Å². The molecular weight excluding hydrogens is 164 g/mol. The second kappa shape index (κ2) is 2.72. The molecule has 0 saturated carbocycles. The van der Waals surface area contributed by atoms with Crippen LogP contribution in [0.2, 0.25) is 0 Å². The predicted octanol–water partition coefficient (Wildman–Crippen LogP) is 1.07. The molecule has 1 aromatic heterocycles. The molecule has 0 atom stereocenters. The van der Waals surface area contributed by atoms with Crippen LogP contribution >= 0.6 is 0 Å². The van der Waals surface area contributed by atoms with Crippen LogP contribution in [-0.2, 0) is 11.8 Å². The van der Waals surface area contributed by atoms with Crippen molar-refractivity contribution in [1.82, 2.24) is 14.9 Å². The van der Waals surface area contributed by atoms with Crippen molar-refractivity contribution < 1.29 is 0 Å². The minimum Gasteiger partial charge on any atom is -0.323 e. The number of rotatable bonds is 0. The first-order chi connectivity index (χ1) is 6.09. The molecule has 0 amide bonds. The Hall–Kier alpha value is -1.06. The minimum atomic E-state index is 0.0651. The van der Waals surface area contributed by atoms with E-state index in [0.717, 1.165) is 31.0 Å². The van der Waals surface area contributed by atoms with Crippen LogP contribution in [0.4, 0.5) is 0 Å². The zero-order chi connectivity index (χ0) is 9.47. The van der Waals surface area contributed by atoms with Gasteiger partial charge in [0.05, 0.1) is 0 Å². The molecule has 1 aromatic rings. The monoisotopic (exact) mass is 180 g/mol. The van der Waals surface area contributed by atoms with Crippen LogP contribution in [0.25, 0.3) is 0 Å². The molecule has 1 N–H and O–H groups in total. The van der Waals surface area contributed by atoms with E-state index in [4.69, 9.17) is 0 Å². The zero-order valence-electron chi connectivity index (χ0n) is 8.46. The summed E-state index contributed by atoms with van der Waals surface area (Å²) in [4.78, 5) is 0. The van der Waals surface area contributed by atoms with E-state index in [1.54, 1.807) is 0 Å². The number of hydrogen-bond acceptors (Lipinski definition) is 3. The fourth-order valence-electron chi connectivity index (χ4n) is 1.57. The van der Waals surface area contributed by atoms with Gasteiger partial charge in [0.2, 0.25) is 0 Å². The van der Waals surface area contributed by atoms with Gasteiger partial charge in [0.25, 0.3) is 0 Å². The fraction of sp³-hybridized carbons (Fsp3) is 0.778. The Labute approximate surface area is 78.3 Å². The first-order valence-corrected chi connectivity index (χ1v) is 4.78. The first-order valence-electron chi connectivity index (χ1n) is 4.78. The van der Waals surface area contributed by atoms with Crippen molar-refractivity contribution in [1.29, 1.82) is 0 Å². The molecule has 1 aliphatic rings. The van der Waals surface area contributed by atoms with Crippen molar-refractivity contribution in [3.8, 4) is 0 Å². The van der Waals surface area contributed by atoms with Crippen LogP contribution in [0.15, 0.2) is 0 Å². The third-order valence-electron chi connectivity index (χ3n) is 2.25. The highest BCUT2D eigenvalue weighted by Crippen LogP contribution is 2.21. The van der Waals surface area contributed by atoms with E-state index in [1.165, 1.54) is 0 Å². The third kappa shape index (κ3) is 1.41. The van der Waals surface area contributed by atoms with Gasteiger partial charge in [-0.3, -0.25) is 0 Å². The lowest BCUT2D eigenvalue weighted by Gasteiger charge is -2.23. The topological polar surface area (TPSA) is 42.7 Å². The Morgan fingerprint density at radius 3 is 2.77 bits per heavy atom. The molecule has 0 radical (unpaired) electrons. The summed E-state index contributed by atoms with van der Waals surface area (Å²) in [5.74, 6) is 2.10. The number of hydrogen-bond donors (Lipinski definition) is 1. The molecule has 0 unspecified atom stereocenters. The number of fused-ring (bicyclic) bond motifs is 1. The molecule has 0 aromatic carbocycles. The Balaban J connectivity index is 2.43. The van der Waals surface area contributed by atoms with Gasteiger partial charge in [0.1, 0.15) is 0 Å². The van der Waals surface area contributed by atoms with Gasteiger partial charge in [-0.25, -0.2) is 4.68 Å². The Kier molecular flexibility index (Phi) is 1.78. The molecule has 2 rings (SSSR count). The van der Waals surface area contributed by atoms with Gasteiger partial charge in [-0.15, -0.1) is 10.2 Å². The molecule has 0 saturated heterocycles. The van der Waals surface area contributed by atoms with Crippen LogP contribution in [0.3, 0.4) is 0 Å². The molecule has 0 aliphatic carbocycles. The van der Waals surface area contributed by atoms with Crippen molar-refractivity contribution in [3.63, 3.8) is 0 Å². The van der Waals surface area contributed by atoms with Crippen molar-refractivity contribution in [2.45, 2.75) is 39.0 Å². The summed E-state index contributed by atoms with van der Waals surface area (Å²) in [6, 6.07) is 0. The van der Waals surface area contributed by atoms with Gasteiger partial charge in [-0.05, 0) is 6.42 Å². The quantitative estimate of drug-likeness (QED) is 0.649. The third-order valence-corrected chi connectivity index (χ3v) is 2.25. The second-order valence-corrected chi connectivity index (χ2v) is 4.54. The van der Waals surface area contributed by atoms with Crippen molar-refractivity contribution in [2.24, 2.45) is 0 Å². The van der Waals surface area contributed by atoms with Gasteiger partial charge in [-0.2, -0.15) is 0 Å². The van der Waals surface area contributed by atoms with Gasteiger partial charge < -0.3 is 5.43 Å². The highest BCUT2D eigenvalue weighted by molar-refractivity contribution is 5.10. The van der Waals surface area contributed by atoms with E-state index in [2.05, 4.69) is 36.4 Å². The molecule has 0 fully saturated rings. The van der Waals surface area contributed by atoms with Gasteiger partial charge in [0, 0.05) is 18.4 Å². The summed E-state index contributed by atoms with van der Waals surface area (Å²) in [6.45, 7) is 7.48. The molecular formula is C9H16N4. The highest BCUT2D eigenvalue weighted by atomic mass is 15.5. The summed E-state index contributed by atoms with van der Waals surface area (Å²) in [6.07, 6.45) is 2.19. The maximum absolute atomic E-state index is 4.22. The number of aromatic nitrogens is 3. The summed E-state index contributed by atoms with van der Waals surface area (Å²) in [7, 11) is 0.